The van der Waals surface area contributed by atoms with Crippen LogP contribution in [-0.2, 0) is 17.9 Å². The number of halogens is 2. The number of hydrogen-bond acceptors (Lipinski definition) is 4. The van der Waals surface area contributed by atoms with Crippen LogP contribution in [0.3, 0.4) is 0 Å². The van der Waals surface area contributed by atoms with E-state index in [0.717, 1.165) is 11.1 Å². The van der Waals surface area contributed by atoms with E-state index in [2.05, 4.69) is 10.3 Å². The smallest absolute Gasteiger partial charge is 0.262 e. The monoisotopic (exact) mass is 467 g/mol. The maximum absolute atomic E-state index is 13.3. The van der Waals surface area contributed by atoms with E-state index in [1.54, 1.807) is 36.4 Å². The summed E-state index contributed by atoms with van der Waals surface area (Å²) in [6, 6.07) is 20.3. The number of amides is 1. The van der Waals surface area contributed by atoms with Crippen LogP contribution in [0.4, 0.5) is 4.39 Å². The summed E-state index contributed by atoms with van der Waals surface area (Å²) in [5.41, 5.74) is 1.94. The normalized spacial score (nSPS) is 10.9. The third-order valence-corrected chi connectivity index (χ3v) is 6.19. The van der Waals surface area contributed by atoms with Gasteiger partial charge in [-0.15, -0.1) is 0 Å². The summed E-state index contributed by atoms with van der Waals surface area (Å²) in [4.78, 5) is 30.2. The summed E-state index contributed by atoms with van der Waals surface area (Å²) >= 11 is 7.31. The number of nitrogens with zero attached hydrogens (tertiary/aromatic N) is 2. The lowest BCUT2D eigenvalue weighted by molar-refractivity contribution is -0.118. The van der Waals surface area contributed by atoms with Crippen molar-refractivity contribution in [3.8, 4) is 0 Å². The van der Waals surface area contributed by atoms with Gasteiger partial charge in [-0.1, -0.05) is 65.8 Å². The summed E-state index contributed by atoms with van der Waals surface area (Å²) in [5, 5.41) is 4.33. The molecule has 8 heteroatoms. The lowest BCUT2D eigenvalue weighted by atomic mass is 10.2. The minimum atomic E-state index is -0.345. The highest BCUT2D eigenvalue weighted by Crippen LogP contribution is 2.19. The molecular weight excluding hydrogens is 449 g/mol. The van der Waals surface area contributed by atoms with Crippen LogP contribution in [0.1, 0.15) is 11.1 Å². The molecule has 0 aliphatic heterocycles. The molecule has 0 unspecified atom stereocenters. The Bertz CT molecular complexity index is 1330. The molecule has 0 saturated carbocycles. The maximum atomic E-state index is 13.3. The highest BCUT2D eigenvalue weighted by atomic mass is 35.5. The Labute approximate surface area is 193 Å². The molecule has 162 valence electrons. The molecule has 0 radical (unpaired) electrons. The summed E-state index contributed by atoms with van der Waals surface area (Å²) in [6.07, 6.45) is 0. The van der Waals surface area contributed by atoms with Gasteiger partial charge in [-0.2, -0.15) is 0 Å². The van der Waals surface area contributed by atoms with Crippen molar-refractivity contribution in [2.75, 3.05) is 5.75 Å². The molecule has 4 aromatic rings. The van der Waals surface area contributed by atoms with Crippen LogP contribution in [0, 0.1) is 5.82 Å². The fraction of sp³-hybridized carbons (Fsp3) is 0.125. The van der Waals surface area contributed by atoms with Crippen molar-refractivity contribution < 1.29 is 9.18 Å². The zero-order chi connectivity index (χ0) is 22.5. The van der Waals surface area contributed by atoms with E-state index >= 15 is 0 Å². The average Bonchev–Trinajstić information content (AvgIpc) is 2.80. The lowest BCUT2D eigenvalue weighted by Crippen LogP contribution is -2.27. The van der Waals surface area contributed by atoms with Crippen LogP contribution in [0.5, 0.6) is 0 Å². The standard InChI is InChI=1S/C24H19ClFN3O2S/c25-20-7-3-1-5-17(20)13-27-22(30)15-32-24-28-21-8-4-2-6-19(21)23(31)29(24)14-16-9-11-18(26)12-10-16/h1-12H,13-15H2,(H,27,30). The second kappa shape index (κ2) is 9.97. The van der Waals surface area contributed by atoms with E-state index < -0.39 is 0 Å². The fourth-order valence-electron chi connectivity index (χ4n) is 3.19. The quantitative estimate of drug-likeness (QED) is 0.317. The number of hydrogen-bond donors (Lipinski definition) is 1. The Morgan fingerprint density at radius 3 is 2.53 bits per heavy atom. The number of para-hydroxylation sites is 1. The number of benzene rings is 3. The molecule has 0 spiro atoms. The SMILES string of the molecule is O=C(CSc1nc2ccccc2c(=O)n1Cc1ccc(F)cc1)NCc1ccccc1Cl. The summed E-state index contributed by atoms with van der Waals surface area (Å²) < 4.78 is 14.8. The molecule has 0 aliphatic carbocycles. The van der Waals surface area contributed by atoms with Crippen LogP contribution in [0.25, 0.3) is 10.9 Å². The number of rotatable bonds is 7. The van der Waals surface area contributed by atoms with Gasteiger partial charge in [0.1, 0.15) is 5.82 Å². The second-order valence-electron chi connectivity index (χ2n) is 7.09. The Balaban J connectivity index is 1.55. The van der Waals surface area contributed by atoms with Crippen LogP contribution in [-0.4, -0.2) is 21.2 Å². The molecule has 0 fully saturated rings. The van der Waals surface area contributed by atoms with Crippen LogP contribution >= 0.6 is 23.4 Å². The Morgan fingerprint density at radius 1 is 1.03 bits per heavy atom. The van der Waals surface area contributed by atoms with Crippen molar-refractivity contribution in [1.29, 1.82) is 0 Å². The zero-order valence-electron chi connectivity index (χ0n) is 16.9. The van der Waals surface area contributed by atoms with Crippen molar-refractivity contribution in [1.82, 2.24) is 14.9 Å². The Hall–Kier alpha value is -3.16. The van der Waals surface area contributed by atoms with E-state index in [1.807, 2.05) is 24.3 Å². The van der Waals surface area contributed by atoms with Gasteiger partial charge in [0.15, 0.2) is 5.16 Å². The van der Waals surface area contributed by atoms with Gasteiger partial charge in [0.2, 0.25) is 5.91 Å². The molecule has 0 atom stereocenters. The number of thioether (sulfide) groups is 1. The van der Waals surface area contributed by atoms with E-state index in [1.165, 1.54) is 28.5 Å². The molecule has 3 aromatic carbocycles. The lowest BCUT2D eigenvalue weighted by Gasteiger charge is -2.13. The minimum absolute atomic E-state index is 0.0820. The van der Waals surface area contributed by atoms with Crippen molar-refractivity contribution in [3.05, 3.63) is 105 Å². The average molecular weight is 468 g/mol. The topological polar surface area (TPSA) is 64.0 Å². The number of carbonyl (C=O) groups is 1. The van der Waals surface area contributed by atoms with Crippen LogP contribution in [0.2, 0.25) is 5.02 Å². The van der Waals surface area contributed by atoms with Crippen LogP contribution in [0.15, 0.2) is 82.7 Å². The molecule has 1 aromatic heterocycles. The first kappa shape index (κ1) is 22.0. The fourth-order valence-corrected chi connectivity index (χ4v) is 4.22. The van der Waals surface area contributed by atoms with Crippen LogP contribution < -0.4 is 10.9 Å². The molecule has 4 rings (SSSR count). The predicted molar refractivity (Wildman–Crippen MR) is 126 cm³/mol. The summed E-state index contributed by atoms with van der Waals surface area (Å²) in [7, 11) is 0. The van der Waals surface area contributed by atoms with Gasteiger partial charge in [-0.3, -0.25) is 14.2 Å². The Kier molecular flexibility index (Phi) is 6.87. The molecule has 1 N–H and O–H groups in total. The second-order valence-corrected chi connectivity index (χ2v) is 8.44. The van der Waals surface area contributed by atoms with E-state index in [-0.39, 0.29) is 29.6 Å². The molecule has 0 saturated heterocycles. The number of nitrogens with one attached hydrogen (secondary N) is 1. The van der Waals surface area contributed by atoms with Gasteiger partial charge in [0.25, 0.3) is 5.56 Å². The van der Waals surface area contributed by atoms with E-state index in [0.29, 0.717) is 27.6 Å². The molecule has 1 amide bonds. The van der Waals surface area contributed by atoms with Gasteiger partial charge in [0.05, 0.1) is 23.2 Å². The third kappa shape index (κ3) is 5.18. The van der Waals surface area contributed by atoms with Gasteiger partial charge in [0, 0.05) is 11.6 Å². The van der Waals surface area contributed by atoms with E-state index in [9.17, 15) is 14.0 Å². The highest BCUT2D eigenvalue weighted by molar-refractivity contribution is 7.99. The summed E-state index contributed by atoms with van der Waals surface area (Å²) in [6.45, 7) is 0.535. The van der Waals surface area contributed by atoms with E-state index in [4.69, 9.17) is 11.6 Å². The number of carbonyl (C=O) groups excluding carboxylic acids is 1. The minimum Gasteiger partial charge on any atom is -0.351 e. The molecule has 0 aliphatic rings. The highest BCUT2D eigenvalue weighted by Gasteiger charge is 2.14. The van der Waals surface area contributed by atoms with Gasteiger partial charge in [-0.05, 0) is 41.5 Å². The molecule has 1 heterocycles. The van der Waals surface area contributed by atoms with Crippen molar-refractivity contribution in [2.45, 2.75) is 18.2 Å². The third-order valence-electron chi connectivity index (χ3n) is 4.85. The molecule has 5 nitrogen and oxygen atoms in total. The number of fused-ring (bicyclic) bond motifs is 1. The van der Waals surface area contributed by atoms with Gasteiger partial charge in [-0.25, -0.2) is 9.37 Å². The maximum Gasteiger partial charge on any atom is 0.262 e. The van der Waals surface area contributed by atoms with Gasteiger partial charge >= 0.3 is 0 Å². The first-order valence-electron chi connectivity index (χ1n) is 9.88. The largest absolute Gasteiger partial charge is 0.351 e. The summed E-state index contributed by atoms with van der Waals surface area (Å²) in [5.74, 6) is -0.466. The first-order valence-corrected chi connectivity index (χ1v) is 11.2. The van der Waals surface area contributed by atoms with Crippen molar-refractivity contribution >= 4 is 40.2 Å². The first-order chi connectivity index (χ1) is 15.5. The Morgan fingerprint density at radius 2 is 1.75 bits per heavy atom. The van der Waals surface area contributed by atoms with Crippen molar-refractivity contribution in [3.63, 3.8) is 0 Å². The molecular formula is C24H19ClFN3O2S. The molecule has 32 heavy (non-hydrogen) atoms. The zero-order valence-corrected chi connectivity index (χ0v) is 18.5. The van der Waals surface area contributed by atoms with Gasteiger partial charge < -0.3 is 5.32 Å². The van der Waals surface area contributed by atoms with Crippen molar-refractivity contribution in [2.24, 2.45) is 0 Å². The molecule has 0 bridgehead atoms. The number of aromatic nitrogens is 2. The predicted octanol–water partition coefficient (Wildman–Crippen LogP) is 4.65.